The number of amides is 1. The first kappa shape index (κ1) is 25.0. The van der Waals surface area contributed by atoms with Gasteiger partial charge in [0, 0.05) is 11.5 Å². The summed E-state index contributed by atoms with van der Waals surface area (Å²) in [6, 6.07) is 2.90. The number of halogens is 1. The van der Waals surface area contributed by atoms with E-state index in [1.165, 1.54) is 76.7 Å². The summed E-state index contributed by atoms with van der Waals surface area (Å²) in [6.07, 6.45) is 16.7. The standard InChI is InChI=1S/C24H32FNO4.C4H8/c1-2-15-8-16-4-3-7-24(11-15,12-16)14-30-21-10-20(25)19(9-18(21)17-5-6-17)23(29)26-13-22(27)28;1-2-4-3-1/h9-10,15-17H,2-8,11-14H2,1H3,(H,26,29)(H,27,28);1-4H2. The summed E-state index contributed by atoms with van der Waals surface area (Å²) in [7, 11) is 0. The van der Waals surface area contributed by atoms with E-state index in [1.54, 1.807) is 6.07 Å². The molecule has 4 saturated carbocycles. The Labute approximate surface area is 202 Å². The van der Waals surface area contributed by atoms with Crippen LogP contribution in [-0.4, -0.2) is 30.1 Å². The van der Waals surface area contributed by atoms with Gasteiger partial charge in [-0.15, -0.1) is 0 Å². The van der Waals surface area contributed by atoms with E-state index in [0.717, 1.165) is 30.2 Å². The molecule has 5 rings (SSSR count). The van der Waals surface area contributed by atoms with Crippen molar-refractivity contribution in [2.75, 3.05) is 13.2 Å². The van der Waals surface area contributed by atoms with Crippen molar-refractivity contribution < 1.29 is 23.8 Å². The van der Waals surface area contributed by atoms with E-state index in [1.807, 2.05) is 0 Å². The molecule has 4 aliphatic rings. The first-order valence-corrected chi connectivity index (χ1v) is 13.4. The van der Waals surface area contributed by atoms with Crippen molar-refractivity contribution in [1.82, 2.24) is 5.32 Å². The first-order chi connectivity index (χ1) is 16.4. The number of carboxylic acids is 1. The smallest absolute Gasteiger partial charge is 0.322 e. The van der Waals surface area contributed by atoms with Crippen molar-refractivity contribution in [3.05, 3.63) is 29.1 Å². The number of aliphatic carboxylic acids is 1. The van der Waals surface area contributed by atoms with Gasteiger partial charge in [0.15, 0.2) is 0 Å². The molecule has 0 radical (unpaired) electrons. The monoisotopic (exact) mass is 473 g/mol. The third kappa shape index (κ3) is 6.31. The van der Waals surface area contributed by atoms with Gasteiger partial charge >= 0.3 is 5.97 Å². The minimum Gasteiger partial charge on any atom is -0.493 e. The Morgan fingerprint density at radius 2 is 1.85 bits per heavy atom. The molecule has 0 spiro atoms. The largest absolute Gasteiger partial charge is 0.493 e. The molecule has 4 fully saturated rings. The number of hydrogen-bond donors (Lipinski definition) is 2. The Hall–Kier alpha value is -2.11. The number of ether oxygens (including phenoxy) is 1. The van der Waals surface area contributed by atoms with Crippen LogP contribution in [0.2, 0.25) is 0 Å². The minimum absolute atomic E-state index is 0.106. The Morgan fingerprint density at radius 1 is 1.12 bits per heavy atom. The number of fused-ring (bicyclic) bond motifs is 2. The fourth-order valence-electron chi connectivity index (χ4n) is 5.95. The second-order valence-electron chi connectivity index (χ2n) is 11.1. The Morgan fingerprint density at radius 3 is 2.47 bits per heavy atom. The molecule has 2 bridgehead atoms. The van der Waals surface area contributed by atoms with E-state index in [2.05, 4.69) is 12.2 Å². The van der Waals surface area contributed by atoms with E-state index in [9.17, 15) is 14.0 Å². The van der Waals surface area contributed by atoms with Gasteiger partial charge in [0.05, 0.1) is 12.2 Å². The lowest BCUT2D eigenvalue weighted by Gasteiger charge is -2.48. The van der Waals surface area contributed by atoms with E-state index in [0.29, 0.717) is 12.4 Å². The molecule has 5 nitrogen and oxygen atoms in total. The number of rotatable bonds is 8. The van der Waals surface area contributed by atoms with Gasteiger partial charge in [-0.3, -0.25) is 9.59 Å². The maximum absolute atomic E-state index is 14.7. The van der Waals surface area contributed by atoms with Gasteiger partial charge in [-0.25, -0.2) is 4.39 Å². The molecule has 0 aliphatic heterocycles. The molecule has 3 atom stereocenters. The van der Waals surface area contributed by atoms with Crippen LogP contribution in [0.3, 0.4) is 0 Å². The fraction of sp³-hybridized carbons (Fsp3) is 0.714. The number of benzene rings is 1. The van der Waals surface area contributed by atoms with Gasteiger partial charge in [0.1, 0.15) is 18.1 Å². The van der Waals surface area contributed by atoms with Gasteiger partial charge in [-0.2, -0.15) is 0 Å². The lowest BCUT2D eigenvalue weighted by Crippen LogP contribution is -2.41. The minimum atomic E-state index is -1.16. The van der Waals surface area contributed by atoms with Crippen molar-refractivity contribution in [3.63, 3.8) is 0 Å². The second-order valence-corrected chi connectivity index (χ2v) is 11.1. The third-order valence-corrected chi connectivity index (χ3v) is 8.30. The molecule has 34 heavy (non-hydrogen) atoms. The molecule has 2 N–H and O–H groups in total. The van der Waals surface area contributed by atoms with Gasteiger partial charge in [-0.05, 0) is 67.9 Å². The number of carbonyl (C=O) groups is 2. The SMILES string of the molecule is C1CCC1.CCC1CC2CCCC(COc3cc(F)c(C(=O)NCC(=O)O)cc3C3CC3)(C1)C2. The summed E-state index contributed by atoms with van der Waals surface area (Å²) in [6.45, 7) is 2.36. The zero-order chi connectivity index (χ0) is 24.1. The van der Waals surface area contributed by atoms with Crippen LogP contribution in [0.5, 0.6) is 5.75 Å². The number of carboxylic acid groups (broad SMARTS) is 1. The molecule has 1 aromatic rings. The maximum atomic E-state index is 14.7. The van der Waals surface area contributed by atoms with Gasteiger partial charge in [0.2, 0.25) is 0 Å². The van der Waals surface area contributed by atoms with Crippen molar-refractivity contribution in [2.24, 2.45) is 17.3 Å². The fourth-order valence-corrected chi connectivity index (χ4v) is 5.95. The van der Waals surface area contributed by atoms with Crippen molar-refractivity contribution in [2.45, 2.75) is 96.3 Å². The Balaban J connectivity index is 0.000000620. The molecule has 0 aromatic heterocycles. The molecule has 188 valence electrons. The summed E-state index contributed by atoms with van der Waals surface area (Å²) in [5.41, 5.74) is 0.963. The lowest BCUT2D eigenvalue weighted by atomic mass is 9.59. The molecule has 0 heterocycles. The zero-order valence-corrected chi connectivity index (χ0v) is 20.5. The molecule has 6 heteroatoms. The van der Waals surface area contributed by atoms with Gasteiger partial charge in [-0.1, -0.05) is 51.9 Å². The number of carbonyl (C=O) groups excluding carboxylic acids is 1. The molecular formula is C28H40FNO4. The second kappa shape index (κ2) is 11.1. The van der Waals surface area contributed by atoms with Crippen LogP contribution < -0.4 is 10.1 Å². The molecule has 3 unspecified atom stereocenters. The maximum Gasteiger partial charge on any atom is 0.322 e. The van der Waals surface area contributed by atoms with E-state index < -0.39 is 24.2 Å². The highest BCUT2D eigenvalue weighted by Gasteiger charge is 2.43. The van der Waals surface area contributed by atoms with Gasteiger partial charge < -0.3 is 15.2 Å². The quantitative estimate of drug-likeness (QED) is 0.455. The highest BCUT2D eigenvalue weighted by molar-refractivity contribution is 5.96. The van der Waals surface area contributed by atoms with Crippen LogP contribution in [0.4, 0.5) is 4.39 Å². The third-order valence-electron chi connectivity index (χ3n) is 8.30. The van der Waals surface area contributed by atoms with Crippen LogP contribution >= 0.6 is 0 Å². The van der Waals surface area contributed by atoms with Crippen LogP contribution in [0.25, 0.3) is 0 Å². The zero-order valence-electron chi connectivity index (χ0n) is 20.5. The van der Waals surface area contributed by atoms with Gasteiger partial charge in [0.25, 0.3) is 5.91 Å². The summed E-state index contributed by atoms with van der Waals surface area (Å²) < 4.78 is 21.0. The number of nitrogens with one attached hydrogen (secondary N) is 1. The highest BCUT2D eigenvalue weighted by Crippen LogP contribution is 2.52. The number of hydrogen-bond acceptors (Lipinski definition) is 3. The summed E-state index contributed by atoms with van der Waals surface area (Å²) in [5.74, 6) is -0.123. The topological polar surface area (TPSA) is 75.6 Å². The summed E-state index contributed by atoms with van der Waals surface area (Å²) in [4.78, 5) is 22.9. The molecule has 4 aliphatic carbocycles. The molecule has 0 saturated heterocycles. The van der Waals surface area contributed by atoms with Crippen molar-refractivity contribution >= 4 is 11.9 Å². The van der Waals surface area contributed by atoms with Crippen LogP contribution in [0, 0.1) is 23.1 Å². The van der Waals surface area contributed by atoms with E-state index >= 15 is 0 Å². The molecule has 1 aromatic carbocycles. The lowest BCUT2D eigenvalue weighted by molar-refractivity contribution is -0.135. The predicted molar refractivity (Wildman–Crippen MR) is 130 cm³/mol. The Kier molecular flexibility index (Phi) is 8.15. The highest BCUT2D eigenvalue weighted by atomic mass is 19.1. The van der Waals surface area contributed by atoms with E-state index in [-0.39, 0.29) is 16.9 Å². The average Bonchev–Trinajstić information content (AvgIpc) is 3.60. The van der Waals surface area contributed by atoms with Crippen molar-refractivity contribution in [1.29, 1.82) is 0 Å². The summed E-state index contributed by atoms with van der Waals surface area (Å²) in [5, 5.41) is 11.0. The first-order valence-electron chi connectivity index (χ1n) is 13.4. The Bertz CT molecular complexity index is 875. The summed E-state index contributed by atoms with van der Waals surface area (Å²) >= 11 is 0. The van der Waals surface area contributed by atoms with Crippen molar-refractivity contribution in [3.8, 4) is 5.75 Å². The van der Waals surface area contributed by atoms with Crippen LogP contribution in [0.15, 0.2) is 12.1 Å². The predicted octanol–water partition coefficient (Wildman–Crippen LogP) is 6.45. The van der Waals surface area contributed by atoms with Crippen LogP contribution in [0.1, 0.15) is 112 Å². The van der Waals surface area contributed by atoms with E-state index in [4.69, 9.17) is 9.84 Å². The van der Waals surface area contributed by atoms with Crippen LogP contribution in [-0.2, 0) is 4.79 Å². The molecule has 1 amide bonds. The average molecular weight is 474 g/mol. The molecular weight excluding hydrogens is 433 g/mol. The normalized spacial score (nSPS) is 27.6.